The molecule has 6 aromatic rings. The van der Waals surface area contributed by atoms with Gasteiger partial charge in [-0.3, -0.25) is 34.6 Å². The fourth-order valence-electron chi connectivity index (χ4n) is 10.4. The van der Waals surface area contributed by atoms with E-state index >= 15 is 4.39 Å². The van der Waals surface area contributed by atoms with Crippen molar-refractivity contribution in [1.82, 2.24) is 49.9 Å². The van der Waals surface area contributed by atoms with Gasteiger partial charge in [0.05, 0.1) is 74.6 Å². The van der Waals surface area contributed by atoms with Crippen LogP contribution in [0.5, 0.6) is 5.75 Å². The van der Waals surface area contributed by atoms with E-state index in [1.165, 1.54) is 6.07 Å². The van der Waals surface area contributed by atoms with Gasteiger partial charge in [-0.25, -0.2) is 28.9 Å². The second kappa shape index (κ2) is 17.1. The summed E-state index contributed by atoms with van der Waals surface area (Å²) in [6.45, 7) is 8.80. The van der Waals surface area contributed by atoms with Crippen molar-refractivity contribution >= 4 is 46.2 Å². The van der Waals surface area contributed by atoms with E-state index in [-0.39, 0.29) is 23.9 Å². The fourth-order valence-corrected chi connectivity index (χ4v) is 11.5. The summed E-state index contributed by atoms with van der Waals surface area (Å²) < 4.78 is 25.7. The summed E-state index contributed by atoms with van der Waals surface area (Å²) in [6.07, 6.45) is 7.16. The highest BCUT2D eigenvalue weighted by Gasteiger charge is 2.41. The molecule has 66 heavy (non-hydrogen) atoms. The van der Waals surface area contributed by atoms with Gasteiger partial charge >= 0.3 is 12.2 Å². The highest BCUT2D eigenvalue weighted by Crippen LogP contribution is 2.50. The van der Waals surface area contributed by atoms with Gasteiger partial charge in [0.15, 0.2) is 0 Å². The van der Waals surface area contributed by atoms with Gasteiger partial charge in [0.2, 0.25) is 18.0 Å². The number of nitrogens with zero attached hydrogens (tertiary/aromatic N) is 6. The summed E-state index contributed by atoms with van der Waals surface area (Å²) in [5.74, 6) is 0.193. The number of fused-ring (bicyclic) bond motifs is 5. The van der Waals surface area contributed by atoms with Crippen LogP contribution in [-0.4, -0.2) is 98.7 Å². The largest absolute Gasteiger partial charge is 0.465 e. The zero-order valence-corrected chi connectivity index (χ0v) is 37.7. The lowest BCUT2D eigenvalue weighted by Gasteiger charge is -2.33. The molecule has 17 nitrogen and oxygen atoms in total. The van der Waals surface area contributed by atoms with Gasteiger partial charge < -0.3 is 24.9 Å². The molecule has 4 aliphatic rings. The number of aromatic nitrogens is 6. The smallest absolute Gasteiger partial charge is 0.411 e. The molecule has 0 spiro atoms. The van der Waals surface area contributed by atoms with E-state index in [2.05, 4.69) is 9.97 Å². The molecular weight excluding hydrogens is 868 g/mol. The molecule has 10 rings (SSSR count). The SMILES string of the molecule is CC(C)C(C(=O)NC(=O)O)N1CCCC1c1ncc(-c2cc(F)c3c(c2)OC(c2cnc(C4CC4)s2)n2c-3cc3cc(-c4cnc([C@@H]5CCCN5C(C(=O)NC(=O)O)C(C)C)[nH]4)ccc32)[nH]1. The summed E-state index contributed by atoms with van der Waals surface area (Å²) in [6, 6.07) is 9.51. The van der Waals surface area contributed by atoms with Crippen LogP contribution in [0, 0.1) is 17.7 Å². The van der Waals surface area contributed by atoms with Gasteiger partial charge in [0.25, 0.3) is 0 Å². The normalized spacial score (nSPS) is 20.6. The van der Waals surface area contributed by atoms with Crippen LogP contribution in [0.3, 0.4) is 0 Å². The van der Waals surface area contributed by atoms with E-state index in [9.17, 15) is 29.4 Å². The molecule has 4 unspecified atom stereocenters. The Bertz CT molecular complexity index is 2880. The monoisotopic (exact) mass is 918 g/mol. The molecule has 344 valence electrons. The maximum Gasteiger partial charge on any atom is 0.411 e. The number of H-pyrrole nitrogens is 2. The van der Waals surface area contributed by atoms with Gasteiger partial charge in [-0.1, -0.05) is 33.8 Å². The Hall–Kier alpha value is -6.44. The lowest BCUT2D eigenvalue weighted by atomic mass is 10.0. The van der Waals surface area contributed by atoms with Crippen LogP contribution in [0.15, 0.2) is 55.0 Å². The number of rotatable bonds is 12. The highest BCUT2D eigenvalue weighted by molar-refractivity contribution is 7.11. The standard InChI is InChI=1S/C47H51FN10O7S/c1-22(2)38(42(59)54-46(61)62)56-13-5-7-32(56)40-49-19-29(52-40)25-11-12-31-27(15-25)17-34-37-28(48)16-26(18-35(37)65-45(58(31)34)36-21-51-44(66-36)24-9-10-24)30-20-50-41(53-30)33-8-6-14-57(33)39(23(3)4)43(60)55-47(63)64/h11-12,15-24,32-33,38-39,45H,5-10,13-14H2,1-4H3,(H,49,52)(H,50,53)(H,54,59)(H,55,60)(H,61,62)(H,63,64)/t32-,33?,38?,39?,45?/m0/s1. The third kappa shape index (κ3) is 7.91. The molecule has 0 radical (unpaired) electrons. The van der Waals surface area contributed by atoms with Crippen molar-refractivity contribution in [1.29, 1.82) is 0 Å². The first kappa shape index (κ1) is 43.5. The summed E-state index contributed by atoms with van der Waals surface area (Å²) in [4.78, 5) is 74.9. The number of halogens is 1. The van der Waals surface area contributed by atoms with E-state index in [0.717, 1.165) is 64.1 Å². The zero-order chi connectivity index (χ0) is 46.1. The zero-order valence-electron chi connectivity index (χ0n) is 36.9. The fraction of sp³-hybridized carbons (Fsp3) is 0.426. The number of amides is 4. The number of hydrogen-bond donors (Lipinski definition) is 6. The molecule has 3 fully saturated rings. The predicted molar refractivity (Wildman–Crippen MR) is 242 cm³/mol. The van der Waals surface area contributed by atoms with Gasteiger partial charge in [0, 0.05) is 28.6 Å². The topological polar surface area (TPSA) is 224 Å². The molecule has 5 atom stereocenters. The third-order valence-corrected chi connectivity index (χ3v) is 14.5. The van der Waals surface area contributed by atoms with Crippen LogP contribution < -0.4 is 15.4 Å². The Kier molecular flexibility index (Phi) is 11.2. The van der Waals surface area contributed by atoms with Crippen LogP contribution in [0.4, 0.5) is 14.0 Å². The van der Waals surface area contributed by atoms with Crippen molar-refractivity contribution in [2.24, 2.45) is 11.8 Å². The molecule has 7 heterocycles. The van der Waals surface area contributed by atoms with Crippen molar-refractivity contribution in [3.63, 3.8) is 0 Å². The molecule has 4 aromatic heterocycles. The average molecular weight is 919 g/mol. The van der Waals surface area contributed by atoms with E-state index in [1.807, 2.05) is 89.2 Å². The summed E-state index contributed by atoms with van der Waals surface area (Å²) >= 11 is 1.61. The van der Waals surface area contributed by atoms with E-state index in [1.54, 1.807) is 23.7 Å². The van der Waals surface area contributed by atoms with Crippen molar-refractivity contribution in [2.75, 3.05) is 13.1 Å². The Balaban J connectivity index is 0.983. The van der Waals surface area contributed by atoms with Gasteiger partial charge in [-0.2, -0.15) is 0 Å². The number of carbonyl (C=O) groups is 4. The summed E-state index contributed by atoms with van der Waals surface area (Å²) in [5.41, 5.74) is 4.54. The number of imide groups is 2. The van der Waals surface area contributed by atoms with Crippen molar-refractivity contribution in [2.45, 2.75) is 103 Å². The molecule has 0 bridgehead atoms. The number of imidazole rings is 2. The van der Waals surface area contributed by atoms with Crippen LogP contribution in [0.1, 0.15) is 112 Å². The number of ether oxygens (including phenoxy) is 1. The molecule has 1 saturated carbocycles. The third-order valence-electron chi connectivity index (χ3n) is 13.3. The van der Waals surface area contributed by atoms with Crippen molar-refractivity contribution in [3.8, 4) is 39.5 Å². The molecular formula is C47H51FN10O7S. The minimum absolute atomic E-state index is 0.136. The predicted octanol–water partition coefficient (Wildman–Crippen LogP) is 8.41. The van der Waals surface area contributed by atoms with Crippen LogP contribution in [0.2, 0.25) is 0 Å². The number of likely N-dealkylation sites (tertiary alicyclic amines) is 2. The molecule has 4 amide bonds. The Morgan fingerprint density at radius 3 is 1.92 bits per heavy atom. The van der Waals surface area contributed by atoms with Gasteiger partial charge in [-0.15, -0.1) is 11.3 Å². The maximum atomic E-state index is 16.9. The maximum absolute atomic E-state index is 16.9. The first-order chi connectivity index (χ1) is 31.7. The first-order valence-corrected chi connectivity index (χ1v) is 23.4. The molecule has 6 N–H and O–H groups in total. The minimum atomic E-state index is -1.40. The second-order valence-corrected chi connectivity index (χ2v) is 19.6. The summed E-state index contributed by atoms with van der Waals surface area (Å²) in [5, 5.41) is 24.6. The number of thiazole rings is 1. The molecule has 3 aliphatic heterocycles. The Morgan fingerprint density at radius 1 is 0.773 bits per heavy atom. The quantitative estimate of drug-likeness (QED) is 0.0681. The lowest BCUT2D eigenvalue weighted by molar-refractivity contribution is -0.128. The molecule has 1 aliphatic carbocycles. The number of hydrogen-bond acceptors (Lipinski definition) is 11. The Morgan fingerprint density at radius 2 is 1.36 bits per heavy atom. The van der Waals surface area contributed by atoms with Crippen LogP contribution in [0.25, 0.3) is 44.7 Å². The van der Waals surface area contributed by atoms with Crippen LogP contribution >= 0.6 is 11.3 Å². The number of carboxylic acid groups (broad SMARTS) is 2. The van der Waals surface area contributed by atoms with E-state index < -0.39 is 48.1 Å². The molecule has 2 aromatic carbocycles. The number of carbonyl (C=O) groups excluding carboxylic acids is 2. The molecule has 2 saturated heterocycles. The van der Waals surface area contributed by atoms with E-state index in [0.29, 0.717) is 65.3 Å². The highest BCUT2D eigenvalue weighted by atomic mass is 32.1. The number of aromatic amines is 2. The first-order valence-electron chi connectivity index (χ1n) is 22.5. The Labute approximate surface area is 382 Å². The van der Waals surface area contributed by atoms with Gasteiger partial charge in [-0.05, 0) is 93.8 Å². The van der Waals surface area contributed by atoms with Crippen molar-refractivity contribution in [3.05, 3.63) is 82.3 Å². The minimum Gasteiger partial charge on any atom is -0.465 e. The second-order valence-electron chi connectivity index (χ2n) is 18.5. The number of nitrogens with one attached hydrogen (secondary N) is 4. The van der Waals surface area contributed by atoms with Crippen molar-refractivity contribution < 1.29 is 38.5 Å². The molecule has 19 heteroatoms. The number of benzene rings is 2. The van der Waals surface area contributed by atoms with E-state index in [4.69, 9.17) is 19.7 Å². The van der Waals surface area contributed by atoms with Gasteiger partial charge in [0.1, 0.15) is 23.2 Å². The summed E-state index contributed by atoms with van der Waals surface area (Å²) in [7, 11) is 0. The van der Waals surface area contributed by atoms with Crippen LogP contribution in [-0.2, 0) is 9.59 Å². The average Bonchev–Trinajstić information content (AvgIpc) is 3.96. The lowest BCUT2D eigenvalue weighted by Crippen LogP contribution is -2.50.